The van der Waals surface area contributed by atoms with Crippen molar-refractivity contribution in [1.29, 1.82) is 0 Å². The maximum Gasteiger partial charge on any atom is 0.341 e. The summed E-state index contributed by atoms with van der Waals surface area (Å²) in [6.07, 6.45) is 12.4. The normalized spacial score (nSPS) is 10.5. The highest BCUT2D eigenvalue weighted by Crippen LogP contribution is 2.19. The van der Waals surface area contributed by atoms with E-state index in [4.69, 9.17) is 9.47 Å². The number of esters is 2. The van der Waals surface area contributed by atoms with Crippen LogP contribution in [0.2, 0.25) is 0 Å². The summed E-state index contributed by atoms with van der Waals surface area (Å²) in [5.41, 5.74) is 0.296. The number of ether oxygens (including phenoxy) is 2. The van der Waals surface area contributed by atoms with Crippen LogP contribution in [0.3, 0.4) is 0 Å². The number of para-hydroxylation sites is 1. The van der Waals surface area contributed by atoms with Crippen molar-refractivity contribution in [3.05, 3.63) is 29.8 Å². The number of carbonyl (C=O) groups is 2. The molecule has 140 valence electrons. The molecule has 0 aliphatic rings. The summed E-state index contributed by atoms with van der Waals surface area (Å²) in [7, 11) is 0. The highest BCUT2D eigenvalue weighted by molar-refractivity contribution is 5.93. The molecule has 4 heteroatoms. The first kappa shape index (κ1) is 21.2. The van der Waals surface area contributed by atoms with Crippen LogP contribution in [0.1, 0.15) is 88.4 Å². The SMILES string of the molecule is CCCCCCCCCCCCOC(=O)c1ccccc1OC(C)=O. The maximum atomic E-state index is 12.1. The maximum absolute atomic E-state index is 12.1. The van der Waals surface area contributed by atoms with E-state index in [9.17, 15) is 9.59 Å². The molecule has 0 fully saturated rings. The van der Waals surface area contributed by atoms with Crippen molar-refractivity contribution in [2.45, 2.75) is 78.1 Å². The van der Waals surface area contributed by atoms with Gasteiger partial charge in [0, 0.05) is 6.92 Å². The molecule has 4 nitrogen and oxygen atoms in total. The quantitative estimate of drug-likeness (QED) is 0.261. The topological polar surface area (TPSA) is 52.6 Å². The Bertz CT molecular complexity index is 510. The lowest BCUT2D eigenvalue weighted by atomic mass is 10.1. The molecule has 0 bridgehead atoms. The van der Waals surface area contributed by atoms with E-state index in [2.05, 4.69) is 6.92 Å². The largest absolute Gasteiger partial charge is 0.462 e. The monoisotopic (exact) mass is 348 g/mol. The van der Waals surface area contributed by atoms with Crippen LogP contribution < -0.4 is 4.74 Å². The molecule has 0 saturated heterocycles. The number of carbonyl (C=O) groups excluding carboxylic acids is 2. The number of unbranched alkanes of at least 4 members (excludes halogenated alkanes) is 9. The first-order chi connectivity index (χ1) is 12.1. The van der Waals surface area contributed by atoms with Crippen LogP contribution in [0, 0.1) is 0 Å². The fraction of sp³-hybridized carbons (Fsp3) is 0.619. The standard InChI is InChI=1S/C21H32O4/c1-3-4-5-6-7-8-9-10-11-14-17-24-21(23)19-15-12-13-16-20(19)25-18(2)22/h12-13,15-16H,3-11,14,17H2,1-2H3. The zero-order valence-electron chi connectivity index (χ0n) is 15.7. The molecule has 0 saturated carbocycles. The molecular formula is C21H32O4. The van der Waals surface area contributed by atoms with Crippen LogP contribution in [0.15, 0.2) is 24.3 Å². The van der Waals surface area contributed by atoms with Crippen molar-refractivity contribution in [2.24, 2.45) is 0 Å². The molecule has 1 rings (SSSR count). The van der Waals surface area contributed by atoms with Crippen LogP contribution in [0.25, 0.3) is 0 Å². The summed E-state index contributed by atoms with van der Waals surface area (Å²) >= 11 is 0. The molecular weight excluding hydrogens is 316 g/mol. The van der Waals surface area contributed by atoms with E-state index < -0.39 is 11.9 Å². The second-order valence-electron chi connectivity index (χ2n) is 6.41. The van der Waals surface area contributed by atoms with Gasteiger partial charge < -0.3 is 9.47 Å². The summed E-state index contributed by atoms with van der Waals surface area (Å²) in [4.78, 5) is 23.2. The van der Waals surface area contributed by atoms with Crippen molar-refractivity contribution in [2.75, 3.05) is 6.61 Å². The molecule has 1 aromatic rings. The van der Waals surface area contributed by atoms with Gasteiger partial charge in [-0.25, -0.2) is 4.79 Å². The molecule has 0 aromatic heterocycles. The minimum absolute atomic E-state index is 0.253. The third kappa shape index (κ3) is 9.90. The van der Waals surface area contributed by atoms with Gasteiger partial charge in [-0.1, -0.05) is 76.8 Å². The molecule has 0 N–H and O–H groups in total. The number of benzene rings is 1. The molecule has 0 radical (unpaired) electrons. The summed E-state index contributed by atoms with van der Waals surface area (Å²) in [6, 6.07) is 6.65. The fourth-order valence-electron chi connectivity index (χ4n) is 2.71. The van der Waals surface area contributed by atoms with Gasteiger partial charge in [0.2, 0.25) is 0 Å². The molecule has 0 heterocycles. The van der Waals surface area contributed by atoms with Gasteiger partial charge in [-0.05, 0) is 18.6 Å². The highest BCUT2D eigenvalue weighted by atomic mass is 16.5. The van der Waals surface area contributed by atoms with E-state index >= 15 is 0 Å². The molecule has 0 aliphatic carbocycles. The minimum atomic E-state index is -0.449. The Hall–Kier alpha value is -1.84. The van der Waals surface area contributed by atoms with Crippen LogP contribution in [-0.2, 0) is 9.53 Å². The smallest absolute Gasteiger partial charge is 0.341 e. The van der Waals surface area contributed by atoms with Crippen molar-refractivity contribution >= 4 is 11.9 Å². The Balaban J connectivity index is 2.12. The average Bonchev–Trinajstić information content (AvgIpc) is 2.59. The lowest BCUT2D eigenvalue weighted by Crippen LogP contribution is -2.11. The first-order valence-corrected chi connectivity index (χ1v) is 9.59. The van der Waals surface area contributed by atoms with Crippen LogP contribution >= 0.6 is 0 Å². The fourth-order valence-corrected chi connectivity index (χ4v) is 2.71. The summed E-state index contributed by atoms with van der Waals surface area (Å²) < 4.78 is 10.3. The van der Waals surface area contributed by atoms with Gasteiger partial charge in [-0.2, -0.15) is 0 Å². The number of rotatable bonds is 13. The first-order valence-electron chi connectivity index (χ1n) is 9.59. The second kappa shape index (κ2) is 13.5. The molecule has 0 amide bonds. The number of hydrogen-bond donors (Lipinski definition) is 0. The van der Waals surface area contributed by atoms with E-state index in [-0.39, 0.29) is 5.75 Å². The third-order valence-electron chi connectivity index (χ3n) is 4.09. The van der Waals surface area contributed by atoms with Crippen molar-refractivity contribution < 1.29 is 19.1 Å². The molecule has 0 atom stereocenters. The average molecular weight is 348 g/mol. The van der Waals surface area contributed by atoms with Crippen LogP contribution in [-0.4, -0.2) is 18.5 Å². The lowest BCUT2D eigenvalue weighted by molar-refractivity contribution is -0.131. The van der Waals surface area contributed by atoms with Gasteiger partial charge in [0.05, 0.1) is 6.61 Å². The predicted molar refractivity (Wildman–Crippen MR) is 99.9 cm³/mol. The van der Waals surface area contributed by atoms with Gasteiger partial charge >= 0.3 is 11.9 Å². The molecule has 0 unspecified atom stereocenters. The highest BCUT2D eigenvalue weighted by Gasteiger charge is 2.14. The van der Waals surface area contributed by atoms with Gasteiger partial charge in [-0.3, -0.25) is 4.79 Å². The van der Waals surface area contributed by atoms with Gasteiger partial charge in [0.25, 0.3) is 0 Å². The van der Waals surface area contributed by atoms with E-state index in [0.717, 1.165) is 12.8 Å². The van der Waals surface area contributed by atoms with Gasteiger partial charge in [0.15, 0.2) is 0 Å². The van der Waals surface area contributed by atoms with Crippen molar-refractivity contribution in [1.82, 2.24) is 0 Å². The summed E-state index contributed by atoms with van der Waals surface area (Å²) in [6.45, 7) is 3.96. The molecule has 0 aliphatic heterocycles. The Morgan fingerprint density at radius 1 is 0.840 bits per heavy atom. The lowest BCUT2D eigenvalue weighted by Gasteiger charge is -2.09. The minimum Gasteiger partial charge on any atom is -0.462 e. The van der Waals surface area contributed by atoms with Crippen LogP contribution in [0.4, 0.5) is 0 Å². The molecule has 0 spiro atoms. The summed E-state index contributed by atoms with van der Waals surface area (Å²) in [5, 5.41) is 0. The zero-order chi connectivity index (χ0) is 18.3. The Labute approximate surface area is 151 Å². The van der Waals surface area contributed by atoms with E-state index in [1.165, 1.54) is 58.3 Å². The van der Waals surface area contributed by atoms with E-state index in [0.29, 0.717) is 12.2 Å². The van der Waals surface area contributed by atoms with E-state index in [1.807, 2.05) is 0 Å². The predicted octanol–water partition coefficient (Wildman–Crippen LogP) is 5.69. The molecule has 1 aromatic carbocycles. The zero-order valence-corrected chi connectivity index (χ0v) is 15.7. The van der Waals surface area contributed by atoms with Crippen molar-refractivity contribution in [3.8, 4) is 5.75 Å². The van der Waals surface area contributed by atoms with Gasteiger partial charge in [0.1, 0.15) is 11.3 Å². The van der Waals surface area contributed by atoms with Crippen molar-refractivity contribution in [3.63, 3.8) is 0 Å². The van der Waals surface area contributed by atoms with E-state index in [1.54, 1.807) is 24.3 Å². The van der Waals surface area contributed by atoms with Gasteiger partial charge in [-0.15, -0.1) is 0 Å². The second-order valence-corrected chi connectivity index (χ2v) is 6.41. The Morgan fingerprint density at radius 2 is 1.40 bits per heavy atom. The summed E-state index contributed by atoms with van der Waals surface area (Å²) in [5.74, 6) is -0.634. The third-order valence-corrected chi connectivity index (χ3v) is 4.09. The Kier molecular flexibility index (Phi) is 11.4. The number of hydrogen-bond acceptors (Lipinski definition) is 4. The van der Waals surface area contributed by atoms with Crippen LogP contribution in [0.5, 0.6) is 5.75 Å². The molecule has 25 heavy (non-hydrogen) atoms. The Morgan fingerprint density at radius 3 is 2.00 bits per heavy atom.